The third kappa shape index (κ3) is 3.47. The van der Waals surface area contributed by atoms with Crippen LogP contribution in [0, 0.1) is 6.92 Å². The molecule has 0 unspecified atom stereocenters. The predicted octanol–water partition coefficient (Wildman–Crippen LogP) is 3.72. The molecule has 2 aromatic carbocycles. The van der Waals surface area contributed by atoms with Crippen molar-refractivity contribution in [2.24, 2.45) is 0 Å². The van der Waals surface area contributed by atoms with Crippen LogP contribution in [0.2, 0.25) is 0 Å². The smallest absolute Gasteiger partial charge is 0.321 e. The number of fused-ring (bicyclic) bond motifs is 1. The molecule has 0 saturated carbocycles. The number of aromatic nitrogens is 2. The molecule has 6 heteroatoms. The molecule has 140 valence electrons. The standard InChI is InChI=1S/C21H25N5O/c1-3-26-19-7-5-4-6-18(19)23-20(26)24-12-14-25(15-13-24)21(27)22-17-10-8-16(2)9-11-17/h4-11H,3,12-15H2,1-2H3,(H,22,27). The molecule has 3 aromatic rings. The van der Waals surface area contributed by atoms with E-state index in [0.717, 1.165) is 42.3 Å². The maximum Gasteiger partial charge on any atom is 0.321 e. The van der Waals surface area contributed by atoms with Crippen LogP contribution in [0.3, 0.4) is 0 Å². The van der Waals surface area contributed by atoms with Crippen molar-refractivity contribution >= 4 is 28.7 Å². The van der Waals surface area contributed by atoms with E-state index in [4.69, 9.17) is 4.98 Å². The van der Waals surface area contributed by atoms with E-state index in [1.807, 2.05) is 48.2 Å². The summed E-state index contributed by atoms with van der Waals surface area (Å²) < 4.78 is 2.25. The number of nitrogens with one attached hydrogen (secondary N) is 1. The third-order valence-corrected chi connectivity index (χ3v) is 5.10. The first-order valence-electron chi connectivity index (χ1n) is 9.48. The molecule has 2 amide bonds. The Hall–Kier alpha value is -3.02. The normalized spacial score (nSPS) is 14.6. The van der Waals surface area contributed by atoms with Gasteiger partial charge in [-0.1, -0.05) is 29.8 Å². The van der Waals surface area contributed by atoms with Gasteiger partial charge in [0.1, 0.15) is 0 Å². The van der Waals surface area contributed by atoms with Crippen LogP contribution in [0.1, 0.15) is 12.5 Å². The minimum Gasteiger partial charge on any atom is -0.339 e. The Kier molecular flexibility index (Phi) is 4.71. The number of rotatable bonds is 3. The molecule has 1 aliphatic heterocycles. The Morgan fingerprint density at radius 3 is 2.44 bits per heavy atom. The van der Waals surface area contributed by atoms with Gasteiger partial charge < -0.3 is 19.7 Å². The van der Waals surface area contributed by atoms with E-state index < -0.39 is 0 Å². The van der Waals surface area contributed by atoms with E-state index in [2.05, 4.69) is 33.8 Å². The molecular weight excluding hydrogens is 338 g/mol. The topological polar surface area (TPSA) is 53.4 Å². The van der Waals surface area contributed by atoms with Crippen molar-refractivity contribution in [3.63, 3.8) is 0 Å². The van der Waals surface area contributed by atoms with Crippen LogP contribution in [0.5, 0.6) is 0 Å². The average Bonchev–Trinajstić information content (AvgIpc) is 3.08. The monoisotopic (exact) mass is 363 g/mol. The Balaban J connectivity index is 1.43. The maximum absolute atomic E-state index is 12.5. The number of piperazine rings is 1. The highest BCUT2D eigenvalue weighted by atomic mass is 16.2. The van der Waals surface area contributed by atoms with Crippen LogP contribution in [0.15, 0.2) is 48.5 Å². The molecule has 27 heavy (non-hydrogen) atoms. The number of carbonyl (C=O) groups excluding carboxylic acids is 1. The zero-order chi connectivity index (χ0) is 18.8. The van der Waals surface area contributed by atoms with E-state index in [9.17, 15) is 4.79 Å². The van der Waals surface area contributed by atoms with Gasteiger partial charge in [0.25, 0.3) is 0 Å². The largest absolute Gasteiger partial charge is 0.339 e. The molecule has 0 atom stereocenters. The lowest BCUT2D eigenvalue weighted by Gasteiger charge is -2.35. The number of urea groups is 1. The lowest BCUT2D eigenvalue weighted by Crippen LogP contribution is -2.50. The molecule has 4 rings (SSSR count). The van der Waals surface area contributed by atoms with Gasteiger partial charge in [0.15, 0.2) is 0 Å². The van der Waals surface area contributed by atoms with Gasteiger partial charge in [0, 0.05) is 38.4 Å². The molecule has 1 N–H and O–H groups in total. The molecule has 1 aromatic heterocycles. The van der Waals surface area contributed by atoms with Crippen molar-refractivity contribution in [2.75, 3.05) is 36.4 Å². The van der Waals surface area contributed by atoms with Crippen LogP contribution in [0.4, 0.5) is 16.4 Å². The number of para-hydroxylation sites is 2. The Morgan fingerprint density at radius 1 is 1.04 bits per heavy atom. The highest BCUT2D eigenvalue weighted by Gasteiger charge is 2.24. The van der Waals surface area contributed by atoms with Crippen LogP contribution in [0.25, 0.3) is 11.0 Å². The third-order valence-electron chi connectivity index (χ3n) is 5.10. The zero-order valence-electron chi connectivity index (χ0n) is 15.9. The van der Waals surface area contributed by atoms with Crippen LogP contribution in [-0.4, -0.2) is 46.7 Å². The molecule has 0 spiro atoms. The number of anilines is 2. The first-order valence-corrected chi connectivity index (χ1v) is 9.48. The number of aryl methyl sites for hydroxylation is 2. The molecule has 1 saturated heterocycles. The van der Waals surface area contributed by atoms with E-state index >= 15 is 0 Å². The van der Waals surface area contributed by atoms with E-state index in [1.54, 1.807) is 0 Å². The number of carbonyl (C=O) groups is 1. The van der Waals surface area contributed by atoms with Crippen molar-refractivity contribution in [3.8, 4) is 0 Å². The number of imidazole rings is 1. The second-order valence-corrected chi connectivity index (χ2v) is 6.92. The second kappa shape index (κ2) is 7.31. The molecule has 0 radical (unpaired) electrons. The minimum absolute atomic E-state index is 0.0394. The first-order chi connectivity index (χ1) is 13.2. The summed E-state index contributed by atoms with van der Waals surface area (Å²) in [5.41, 5.74) is 4.20. The zero-order valence-corrected chi connectivity index (χ0v) is 15.9. The van der Waals surface area contributed by atoms with Gasteiger partial charge in [-0.15, -0.1) is 0 Å². The fourth-order valence-electron chi connectivity index (χ4n) is 3.56. The van der Waals surface area contributed by atoms with Gasteiger partial charge in [-0.05, 0) is 38.1 Å². The number of benzene rings is 2. The molecule has 1 aliphatic rings. The molecular formula is C21H25N5O. The fourth-order valence-corrected chi connectivity index (χ4v) is 3.56. The van der Waals surface area contributed by atoms with Crippen molar-refractivity contribution in [1.29, 1.82) is 0 Å². The summed E-state index contributed by atoms with van der Waals surface area (Å²) >= 11 is 0. The second-order valence-electron chi connectivity index (χ2n) is 6.92. The number of nitrogens with zero attached hydrogens (tertiary/aromatic N) is 4. The fraction of sp³-hybridized carbons (Fsp3) is 0.333. The van der Waals surface area contributed by atoms with E-state index in [0.29, 0.717) is 13.1 Å². The van der Waals surface area contributed by atoms with Crippen molar-refractivity contribution in [1.82, 2.24) is 14.5 Å². The highest BCUT2D eigenvalue weighted by Crippen LogP contribution is 2.23. The predicted molar refractivity (Wildman–Crippen MR) is 109 cm³/mol. The van der Waals surface area contributed by atoms with E-state index in [-0.39, 0.29) is 6.03 Å². The lowest BCUT2D eigenvalue weighted by atomic mass is 10.2. The summed E-state index contributed by atoms with van der Waals surface area (Å²) in [6, 6.07) is 16.1. The summed E-state index contributed by atoms with van der Waals surface area (Å²) in [6.07, 6.45) is 0. The number of hydrogen-bond acceptors (Lipinski definition) is 3. The summed E-state index contributed by atoms with van der Waals surface area (Å²) in [6.45, 7) is 7.99. The molecule has 0 aliphatic carbocycles. The van der Waals surface area contributed by atoms with Crippen molar-refractivity contribution in [3.05, 3.63) is 54.1 Å². The van der Waals surface area contributed by atoms with Gasteiger partial charge in [0.05, 0.1) is 11.0 Å². The van der Waals surface area contributed by atoms with Crippen molar-refractivity contribution in [2.45, 2.75) is 20.4 Å². The average molecular weight is 363 g/mol. The van der Waals surface area contributed by atoms with Crippen LogP contribution >= 0.6 is 0 Å². The number of hydrogen-bond donors (Lipinski definition) is 1. The summed E-state index contributed by atoms with van der Waals surface area (Å²) in [4.78, 5) is 21.5. The Bertz CT molecular complexity index is 939. The maximum atomic E-state index is 12.5. The van der Waals surface area contributed by atoms with E-state index in [1.165, 1.54) is 5.56 Å². The molecule has 0 bridgehead atoms. The lowest BCUT2D eigenvalue weighted by molar-refractivity contribution is 0.208. The van der Waals surface area contributed by atoms with Gasteiger partial charge in [0.2, 0.25) is 5.95 Å². The Labute approximate surface area is 159 Å². The molecule has 2 heterocycles. The molecule has 1 fully saturated rings. The summed E-state index contributed by atoms with van der Waals surface area (Å²) in [7, 11) is 0. The SMILES string of the molecule is CCn1c(N2CCN(C(=O)Nc3ccc(C)cc3)CC2)nc2ccccc21. The summed E-state index contributed by atoms with van der Waals surface area (Å²) in [5, 5.41) is 2.99. The van der Waals surface area contributed by atoms with Gasteiger partial charge in [-0.3, -0.25) is 0 Å². The minimum atomic E-state index is -0.0394. The summed E-state index contributed by atoms with van der Waals surface area (Å²) in [5.74, 6) is 0.997. The Morgan fingerprint density at radius 2 is 1.74 bits per heavy atom. The quantitative estimate of drug-likeness (QED) is 0.772. The van der Waals surface area contributed by atoms with Gasteiger partial charge >= 0.3 is 6.03 Å². The highest BCUT2D eigenvalue weighted by molar-refractivity contribution is 5.89. The molecule has 6 nitrogen and oxygen atoms in total. The van der Waals surface area contributed by atoms with Crippen molar-refractivity contribution < 1.29 is 4.79 Å². The van der Waals surface area contributed by atoms with Crippen LogP contribution < -0.4 is 10.2 Å². The van der Waals surface area contributed by atoms with Gasteiger partial charge in [-0.25, -0.2) is 9.78 Å². The first kappa shape index (κ1) is 17.4. The van der Waals surface area contributed by atoms with Gasteiger partial charge in [-0.2, -0.15) is 0 Å². The van der Waals surface area contributed by atoms with Crippen LogP contribution in [-0.2, 0) is 6.54 Å². The number of amides is 2.